The van der Waals surface area contributed by atoms with Gasteiger partial charge in [-0.05, 0) is 14.0 Å². The van der Waals surface area contributed by atoms with Gasteiger partial charge < -0.3 is 5.32 Å². The van der Waals surface area contributed by atoms with E-state index in [0.29, 0.717) is 12.1 Å². The van der Waals surface area contributed by atoms with Gasteiger partial charge in [0.15, 0.2) is 0 Å². The van der Waals surface area contributed by atoms with E-state index in [4.69, 9.17) is 0 Å². The maximum atomic E-state index is 10.9. The minimum absolute atomic E-state index is 0. The predicted molar refractivity (Wildman–Crippen MR) is 79.0 cm³/mol. The van der Waals surface area contributed by atoms with Gasteiger partial charge in [0.25, 0.3) is 5.69 Å². The van der Waals surface area contributed by atoms with Gasteiger partial charge in [0.05, 0.1) is 10.6 Å². The molecule has 5 nitrogen and oxygen atoms in total. The Morgan fingerprint density at radius 3 is 2.84 bits per heavy atom. The molecule has 1 N–H and O–H groups in total. The van der Waals surface area contributed by atoms with Crippen molar-refractivity contribution in [2.24, 2.45) is 0 Å². The monoisotopic (exact) mass is 299 g/mol. The Balaban J connectivity index is 0.00000180. The van der Waals surface area contributed by atoms with Crippen molar-refractivity contribution in [3.8, 4) is 11.3 Å². The highest BCUT2D eigenvalue weighted by atomic mass is 35.5. The zero-order valence-corrected chi connectivity index (χ0v) is 12.2. The van der Waals surface area contributed by atoms with Crippen molar-refractivity contribution in [1.82, 2.24) is 10.3 Å². The smallest absolute Gasteiger partial charge is 0.272 e. The molecule has 0 fully saturated rings. The fraction of sp³-hybridized carbons (Fsp3) is 0.250. The van der Waals surface area contributed by atoms with E-state index in [0.717, 1.165) is 16.3 Å². The lowest BCUT2D eigenvalue weighted by Gasteiger charge is -2.00. The van der Waals surface area contributed by atoms with Gasteiger partial charge in [0.2, 0.25) is 0 Å². The molecule has 0 saturated heterocycles. The van der Waals surface area contributed by atoms with Crippen LogP contribution in [0.1, 0.15) is 10.6 Å². The quantitative estimate of drug-likeness (QED) is 0.695. The van der Waals surface area contributed by atoms with E-state index in [9.17, 15) is 10.1 Å². The van der Waals surface area contributed by atoms with E-state index >= 15 is 0 Å². The van der Waals surface area contributed by atoms with Gasteiger partial charge in [-0.2, -0.15) is 0 Å². The molecule has 0 saturated carbocycles. The van der Waals surface area contributed by atoms with Gasteiger partial charge in [-0.15, -0.1) is 23.7 Å². The average Bonchev–Trinajstić information content (AvgIpc) is 2.78. The second kappa shape index (κ2) is 6.60. The largest absolute Gasteiger partial charge is 0.314 e. The van der Waals surface area contributed by atoms with Gasteiger partial charge in [-0.1, -0.05) is 12.1 Å². The Hall–Kier alpha value is -1.50. The molecule has 0 amide bonds. The number of thiazole rings is 1. The van der Waals surface area contributed by atoms with E-state index in [2.05, 4.69) is 10.3 Å². The van der Waals surface area contributed by atoms with Crippen LogP contribution in [0.3, 0.4) is 0 Å². The number of aromatic nitrogens is 1. The number of nitro benzene ring substituents is 1. The molecule has 1 heterocycles. The molecule has 2 aromatic rings. The first-order valence-corrected chi connectivity index (χ1v) is 6.34. The van der Waals surface area contributed by atoms with Gasteiger partial charge in [0.1, 0.15) is 5.01 Å². The number of nitrogens with one attached hydrogen (secondary N) is 1. The Morgan fingerprint density at radius 2 is 2.21 bits per heavy atom. The first kappa shape index (κ1) is 15.6. The molecule has 102 valence electrons. The minimum Gasteiger partial charge on any atom is -0.314 e. The van der Waals surface area contributed by atoms with Crippen LogP contribution in [0.4, 0.5) is 5.69 Å². The lowest BCUT2D eigenvalue weighted by molar-refractivity contribution is -0.385. The maximum absolute atomic E-state index is 10.9. The molecule has 19 heavy (non-hydrogen) atoms. The van der Waals surface area contributed by atoms with E-state index in [1.807, 2.05) is 18.5 Å². The zero-order valence-electron chi connectivity index (χ0n) is 10.5. The van der Waals surface area contributed by atoms with Crippen molar-refractivity contribution >= 4 is 29.4 Å². The number of hydrogen-bond donors (Lipinski definition) is 1. The summed E-state index contributed by atoms with van der Waals surface area (Å²) in [5, 5.41) is 16.8. The number of aryl methyl sites for hydroxylation is 1. The van der Waals surface area contributed by atoms with Gasteiger partial charge in [-0.3, -0.25) is 10.1 Å². The highest BCUT2D eigenvalue weighted by Crippen LogP contribution is 2.27. The summed E-state index contributed by atoms with van der Waals surface area (Å²) in [6.45, 7) is 2.44. The van der Waals surface area contributed by atoms with Crippen molar-refractivity contribution in [2.45, 2.75) is 13.5 Å². The maximum Gasteiger partial charge on any atom is 0.272 e. The van der Waals surface area contributed by atoms with Crippen LogP contribution in [0.5, 0.6) is 0 Å². The number of nitrogens with zero attached hydrogens (tertiary/aromatic N) is 2. The second-order valence-corrected chi connectivity index (χ2v) is 4.86. The third-order valence-corrected chi connectivity index (χ3v) is 3.43. The molecule has 0 unspecified atom stereocenters. The fourth-order valence-electron chi connectivity index (χ4n) is 1.64. The normalized spacial score (nSPS) is 10.0. The summed E-state index contributed by atoms with van der Waals surface area (Å²) in [6.07, 6.45) is 0. The molecule has 2 rings (SSSR count). The van der Waals surface area contributed by atoms with Crippen LogP contribution in [0.15, 0.2) is 23.6 Å². The SMILES string of the molecule is CNCc1nc(-c2ccc(C)c([N+](=O)[O-])c2)cs1.Cl. The molecule has 0 spiro atoms. The standard InChI is InChI=1S/C12H13N3O2S.ClH/c1-8-3-4-9(5-11(8)15(16)17)10-7-18-12(14-10)6-13-2;/h3-5,7,13H,6H2,1-2H3;1H. The number of nitro groups is 1. The van der Waals surface area contributed by atoms with Gasteiger partial charge >= 0.3 is 0 Å². The Morgan fingerprint density at radius 1 is 1.47 bits per heavy atom. The van der Waals surface area contributed by atoms with Crippen LogP contribution in [-0.2, 0) is 6.54 Å². The molecule has 7 heteroatoms. The molecule has 0 atom stereocenters. The third kappa shape index (κ3) is 3.50. The van der Waals surface area contributed by atoms with E-state index < -0.39 is 0 Å². The topological polar surface area (TPSA) is 68.1 Å². The first-order valence-electron chi connectivity index (χ1n) is 5.46. The molecule has 0 aliphatic heterocycles. The minimum atomic E-state index is -0.361. The molecule has 1 aromatic heterocycles. The summed E-state index contributed by atoms with van der Waals surface area (Å²) < 4.78 is 0. The predicted octanol–water partition coefficient (Wildman–Crippen LogP) is 3.17. The van der Waals surface area contributed by atoms with Crippen molar-refractivity contribution in [3.63, 3.8) is 0 Å². The third-order valence-electron chi connectivity index (χ3n) is 2.58. The fourth-order valence-corrected chi connectivity index (χ4v) is 2.46. The number of benzene rings is 1. The lowest BCUT2D eigenvalue weighted by Crippen LogP contribution is -2.04. The zero-order chi connectivity index (χ0) is 13.1. The average molecular weight is 300 g/mol. The second-order valence-electron chi connectivity index (χ2n) is 3.92. The summed E-state index contributed by atoms with van der Waals surface area (Å²) in [5.74, 6) is 0. The summed E-state index contributed by atoms with van der Waals surface area (Å²) in [4.78, 5) is 15.0. The molecule has 0 bridgehead atoms. The summed E-state index contributed by atoms with van der Waals surface area (Å²) in [7, 11) is 1.86. The Labute approximate surface area is 121 Å². The molecular weight excluding hydrogens is 286 g/mol. The molecule has 0 radical (unpaired) electrons. The first-order chi connectivity index (χ1) is 8.61. The van der Waals surface area contributed by atoms with E-state index in [1.54, 1.807) is 30.4 Å². The van der Waals surface area contributed by atoms with Crippen LogP contribution in [0.2, 0.25) is 0 Å². The van der Waals surface area contributed by atoms with Crippen molar-refractivity contribution < 1.29 is 4.92 Å². The number of halogens is 1. The van der Waals surface area contributed by atoms with Gasteiger partial charge in [0, 0.05) is 29.1 Å². The van der Waals surface area contributed by atoms with Crippen molar-refractivity contribution in [3.05, 3.63) is 44.3 Å². The van der Waals surface area contributed by atoms with Crippen molar-refractivity contribution in [2.75, 3.05) is 7.05 Å². The highest BCUT2D eigenvalue weighted by molar-refractivity contribution is 7.09. The van der Waals surface area contributed by atoms with Crippen LogP contribution in [-0.4, -0.2) is 17.0 Å². The van der Waals surface area contributed by atoms with Crippen molar-refractivity contribution in [1.29, 1.82) is 0 Å². The summed E-state index contributed by atoms with van der Waals surface area (Å²) in [6, 6.07) is 5.19. The number of hydrogen-bond acceptors (Lipinski definition) is 5. The van der Waals surface area contributed by atoms with Gasteiger partial charge in [-0.25, -0.2) is 4.98 Å². The highest BCUT2D eigenvalue weighted by Gasteiger charge is 2.13. The van der Waals surface area contributed by atoms with E-state index in [1.165, 1.54) is 0 Å². The van der Waals surface area contributed by atoms with E-state index in [-0.39, 0.29) is 23.0 Å². The molecule has 0 aliphatic rings. The summed E-state index contributed by atoms with van der Waals surface area (Å²) >= 11 is 1.54. The lowest BCUT2D eigenvalue weighted by atomic mass is 10.1. The molecular formula is C12H14ClN3O2S. The summed E-state index contributed by atoms with van der Waals surface area (Å²) in [5.41, 5.74) is 2.37. The Kier molecular flexibility index (Phi) is 5.41. The Bertz CT molecular complexity index is 586. The van der Waals surface area contributed by atoms with Crippen LogP contribution >= 0.6 is 23.7 Å². The van der Waals surface area contributed by atoms with Crippen LogP contribution in [0.25, 0.3) is 11.3 Å². The van der Waals surface area contributed by atoms with Crippen LogP contribution < -0.4 is 5.32 Å². The van der Waals surface area contributed by atoms with Crippen LogP contribution in [0, 0.1) is 17.0 Å². The molecule has 0 aliphatic carbocycles. The molecule has 1 aromatic carbocycles. The number of rotatable bonds is 4.